The summed E-state index contributed by atoms with van der Waals surface area (Å²) in [5, 5.41) is 10.6. The maximum Gasteiger partial charge on any atom is 0.274 e. The van der Waals surface area contributed by atoms with Crippen LogP contribution in [0.4, 0.5) is 0 Å². The monoisotopic (exact) mass is 314 g/mol. The molecule has 2 aliphatic rings. The number of likely N-dealkylation sites (N-methyl/N-ethyl adjacent to an activating group) is 1. The van der Waals surface area contributed by atoms with Crippen LogP contribution in [0.1, 0.15) is 41.5 Å². The van der Waals surface area contributed by atoms with E-state index < -0.39 is 0 Å². The van der Waals surface area contributed by atoms with Gasteiger partial charge in [-0.25, -0.2) is 0 Å². The SMILES string of the molecule is CCN(CC1CCCO1)C(=O)c1n[nH]c2c1CNCC2.Cl. The maximum absolute atomic E-state index is 12.7. The van der Waals surface area contributed by atoms with Gasteiger partial charge in [0.25, 0.3) is 5.91 Å². The van der Waals surface area contributed by atoms with Crippen molar-refractivity contribution in [1.29, 1.82) is 0 Å². The zero-order valence-corrected chi connectivity index (χ0v) is 13.2. The van der Waals surface area contributed by atoms with Gasteiger partial charge in [0.15, 0.2) is 5.69 Å². The molecule has 0 saturated carbocycles. The van der Waals surface area contributed by atoms with Crippen molar-refractivity contribution in [2.75, 3.05) is 26.2 Å². The number of hydrogen-bond acceptors (Lipinski definition) is 4. The van der Waals surface area contributed by atoms with Crippen LogP contribution in [0.2, 0.25) is 0 Å². The van der Waals surface area contributed by atoms with Crippen LogP contribution in [0.15, 0.2) is 0 Å². The van der Waals surface area contributed by atoms with Gasteiger partial charge < -0.3 is 15.0 Å². The van der Waals surface area contributed by atoms with Crippen molar-refractivity contribution in [3.05, 3.63) is 17.0 Å². The number of ether oxygens (including phenoxy) is 1. The minimum atomic E-state index is 0. The summed E-state index contributed by atoms with van der Waals surface area (Å²) in [6, 6.07) is 0. The summed E-state index contributed by atoms with van der Waals surface area (Å²) in [5.74, 6) is 0.0178. The number of fused-ring (bicyclic) bond motifs is 1. The number of carbonyl (C=O) groups excluding carboxylic acids is 1. The number of H-pyrrole nitrogens is 1. The number of amides is 1. The van der Waals surface area contributed by atoms with Crippen molar-refractivity contribution in [1.82, 2.24) is 20.4 Å². The number of aromatic amines is 1. The van der Waals surface area contributed by atoms with Gasteiger partial charge in [0.05, 0.1) is 6.10 Å². The molecule has 6 nitrogen and oxygen atoms in total. The van der Waals surface area contributed by atoms with E-state index in [0.29, 0.717) is 18.8 Å². The van der Waals surface area contributed by atoms with Gasteiger partial charge in [-0.05, 0) is 19.8 Å². The van der Waals surface area contributed by atoms with E-state index in [1.54, 1.807) is 0 Å². The molecule has 1 fully saturated rings. The van der Waals surface area contributed by atoms with Crippen LogP contribution in [0, 0.1) is 0 Å². The van der Waals surface area contributed by atoms with Crippen molar-refractivity contribution in [2.45, 2.75) is 38.8 Å². The third-order valence-electron chi connectivity index (χ3n) is 4.13. The Labute approximate surface area is 131 Å². The van der Waals surface area contributed by atoms with E-state index in [1.165, 1.54) is 0 Å². The third-order valence-corrected chi connectivity index (χ3v) is 4.13. The summed E-state index contributed by atoms with van der Waals surface area (Å²) >= 11 is 0. The summed E-state index contributed by atoms with van der Waals surface area (Å²) in [6.45, 7) is 5.85. The first-order valence-electron chi connectivity index (χ1n) is 7.47. The van der Waals surface area contributed by atoms with E-state index in [2.05, 4.69) is 15.5 Å². The van der Waals surface area contributed by atoms with E-state index in [0.717, 1.165) is 50.2 Å². The second-order valence-electron chi connectivity index (χ2n) is 5.43. The normalized spacial score (nSPS) is 20.7. The molecular formula is C14H23ClN4O2. The molecule has 0 aromatic carbocycles. The van der Waals surface area contributed by atoms with Gasteiger partial charge in [0.2, 0.25) is 0 Å². The highest BCUT2D eigenvalue weighted by molar-refractivity contribution is 5.94. The smallest absolute Gasteiger partial charge is 0.274 e. The van der Waals surface area contributed by atoms with Crippen molar-refractivity contribution in [3.63, 3.8) is 0 Å². The molecule has 7 heteroatoms. The van der Waals surface area contributed by atoms with Crippen LogP contribution in [0.25, 0.3) is 0 Å². The summed E-state index contributed by atoms with van der Waals surface area (Å²) in [6.07, 6.45) is 3.24. The molecule has 1 aromatic heterocycles. The van der Waals surface area contributed by atoms with Gasteiger partial charge in [-0.2, -0.15) is 5.10 Å². The van der Waals surface area contributed by atoms with Gasteiger partial charge in [0.1, 0.15) is 0 Å². The van der Waals surface area contributed by atoms with Crippen molar-refractivity contribution >= 4 is 18.3 Å². The number of nitrogens with zero attached hydrogens (tertiary/aromatic N) is 2. The van der Waals surface area contributed by atoms with E-state index in [9.17, 15) is 4.79 Å². The topological polar surface area (TPSA) is 70.2 Å². The fourth-order valence-electron chi connectivity index (χ4n) is 2.94. The molecule has 118 valence electrons. The molecular weight excluding hydrogens is 292 g/mol. The summed E-state index contributed by atoms with van der Waals surface area (Å²) in [4.78, 5) is 14.5. The summed E-state index contributed by atoms with van der Waals surface area (Å²) in [5.41, 5.74) is 2.71. The first kappa shape index (κ1) is 16.3. The Kier molecular flexibility index (Phi) is 5.61. The molecule has 1 unspecified atom stereocenters. The standard InChI is InChI=1S/C14H22N4O2.ClH/c1-2-18(9-10-4-3-7-20-10)14(19)13-11-8-15-6-5-12(11)16-17-13;/h10,15H,2-9H2,1H3,(H,16,17);1H. The van der Waals surface area contributed by atoms with Crippen LogP contribution in [-0.2, 0) is 17.7 Å². The predicted octanol–water partition coefficient (Wildman–Crippen LogP) is 1.12. The highest BCUT2D eigenvalue weighted by Crippen LogP contribution is 2.19. The lowest BCUT2D eigenvalue weighted by atomic mass is 10.1. The van der Waals surface area contributed by atoms with Crippen LogP contribution in [0.5, 0.6) is 0 Å². The molecule has 2 aliphatic heterocycles. The summed E-state index contributed by atoms with van der Waals surface area (Å²) in [7, 11) is 0. The first-order chi connectivity index (χ1) is 9.79. The second-order valence-corrected chi connectivity index (χ2v) is 5.43. The molecule has 3 rings (SSSR count). The number of halogens is 1. The van der Waals surface area contributed by atoms with Crippen LogP contribution >= 0.6 is 12.4 Å². The molecule has 2 N–H and O–H groups in total. The second kappa shape index (κ2) is 7.24. The number of hydrogen-bond donors (Lipinski definition) is 2. The molecule has 1 saturated heterocycles. The fraction of sp³-hybridized carbons (Fsp3) is 0.714. The van der Waals surface area contributed by atoms with Gasteiger partial charge in [-0.3, -0.25) is 9.89 Å². The van der Waals surface area contributed by atoms with E-state index in [-0.39, 0.29) is 24.4 Å². The van der Waals surface area contributed by atoms with E-state index in [4.69, 9.17) is 4.74 Å². The maximum atomic E-state index is 12.7. The quantitative estimate of drug-likeness (QED) is 0.873. The van der Waals surface area contributed by atoms with Gasteiger partial charge in [-0.15, -0.1) is 12.4 Å². The molecule has 21 heavy (non-hydrogen) atoms. The average molecular weight is 315 g/mol. The molecule has 0 radical (unpaired) electrons. The molecule has 3 heterocycles. The Balaban J connectivity index is 0.00000161. The van der Waals surface area contributed by atoms with Crippen molar-refractivity contribution < 1.29 is 9.53 Å². The number of nitrogens with one attached hydrogen (secondary N) is 2. The molecule has 1 aromatic rings. The number of carbonyl (C=O) groups is 1. The van der Waals surface area contributed by atoms with Gasteiger partial charge >= 0.3 is 0 Å². The Morgan fingerprint density at radius 2 is 2.38 bits per heavy atom. The predicted molar refractivity (Wildman–Crippen MR) is 81.8 cm³/mol. The summed E-state index contributed by atoms with van der Waals surface area (Å²) < 4.78 is 5.63. The number of rotatable bonds is 4. The first-order valence-corrected chi connectivity index (χ1v) is 7.47. The zero-order valence-electron chi connectivity index (χ0n) is 12.4. The Morgan fingerprint density at radius 3 is 3.10 bits per heavy atom. The lowest BCUT2D eigenvalue weighted by Crippen LogP contribution is -2.38. The van der Waals surface area contributed by atoms with E-state index >= 15 is 0 Å². The Hall–Kier alpha value is -1.11. The fourth-order valence-corrected chi connectivity index (χ4v) is 2.94. The molecule has 0 aliphatic carbocycles. The lowest BCUT2D eigenvalue weighted by molar-refractivity contribution is 0.0534. The minimum absolute atomic E-state index is 0. The van der Waals surface area contributed by atoms with Gasteiger partial charge in [-0.1, -0.05) is 0 Å². The molecule has 1 atom stereocenters. The van der Waals surface area contributed by atoms with Crippen LogP contribution < -0.4 is 5.32 Å². The highest BCUT2D eigenvalue weighted by atomic mass is 35.5. The Morgan fingerprint density at radius 1 is 1.52 bits per heavy atom. The average Bonchev–Trinajstić information content (AvgIpc) is 3.13. The van der Waals surface area contributed by atoms with Crippen molar-refractivity contribution in [3.8, 4) is 0 Å². The molecule has 0 bridgehead atoms. The highest BCUT2D eigenvalue weighted by Gasteiger charge is 2.27. The van der Waals surface area contributed by atoms with Crippen LogP contribution in [0.3, 0.4) is 0 Å². The van der Waals surface area contributed by atoms with Gasteiger partial charge in [0, 0.05) is 50.5 Å². The lowest BCUT2D eigenvalue weighted by Gasteiger charge is -2.24. The third kappa shape index (κ3) is 3.39. The zero-order chi connectivity index (χ0) is 13.9. The van der Waals surface area contributed by atoms with Crippen LogP contribution in [-0.4, -0.2) is 53.3 Å². The molecule has 1 amide bonds. The largest absolute Gasteiger partial charge is 0.376 e. The molecule has 0 spiro atoms. The minimum Gasteiger partial charge on any atom is -0.376 e. The van der Waals surface area contributed by atoms with Crippen molar-refractivity contribution in [2.24, 2.45) is 0 Å². The number of aromatic nitrogens is 2. The van der Waals surface area contributed by atoms with E-state index in [1.807, 2.05) is 11.8 Å². The Bertz CT molecular complexity index is 485.